The van der Waals surface area contributed by atoms with E-state index in [4.69, 9.17) is 11.6 Å². The van der Waals surface area contributed by atoms with Crippen molar-refractivity contribution < 1.29 is 8.42 Å². The zero-order valence-corrected chi connectivity index (χ0v) is 19.0. The van der Waals surface area contributed by atoms with Gasteiger partial charge in [0.1, 0.15) is 16.2 Å². The molecule has 0 spiro atoms. The first-order chi connectivity index (χ1) is 15.4. The number of halogens is 1. The second-order valence-corrected chi connectivity index (χ2v) is 10.9. The molecule has 0 aromatic carbocycles. The Balaban J connectivity index is 1.48. The van der Waals surface area contributed by atoms with Crippen molar-refractivity contribution in [1.82, 2.24) is 29.5 Å². The molecule has 3 aromatic heterocycles. The van der Waals surface area contributed by atoms with E-state index in [0.29, 0.717) is 28.8 Å². The van der Waals surface area contributed by atoms with Gasteiger partial charge in [0.05, 0.1) is 18.5 Å². The molecule has 0 saturated heterocycles. The van der Waals surface area contributed by atoms with Crippen LogP contribution >= 0.6 is 11.6 Å². The zero-order valence-electron chi connectivity index (χ0n) is 17.4. The molecule has 12 heteroatoms. The predicted molar refractivity (Wildman–Crippen MR) is 118 cm³/mol. The van der Waals surface area contributed by atoms with Gasteiger partial charge < -0.3 is 5.32 Å². The summed E-state index contributed by atoms with van der Waals surface area (Å²) in [4.78, 5) is 34.5. The smallest absolute Gasteiger partial charge is 0.295 e. The minimum Gasteiger partial charge on any atom is -0.358 e. The van der Waals surface area contributed by atoms with Crippen molar-refractivity contribution in [1.29, 1.82) is 0 Å². The summed E-state index contributed by atoms with van der Waals surface area (Å²) in [5.74, 6) is 1.56. The summed E-state index contributed by atoms with van der Waals surface area (Å²) >= 11 is 6.02. The topological polar surface area (TPSA) is 133 Å². The monoisotopic (exact) mass is 475 g/mol. The van der Waals surface area contributed by atoms with Crippen LogP contribution in [-0.4, -0.2) is 43.7 Å². The van der Waals surface area contributed by atoms with Crippen molar-refractivity contribution in [3.63, 3.8) is 0 Å². The normalized spacial score (nSPS) is 22.5. The molecule has 2 aliphatic carbocycles. The van der Waals surface area contributed by atoms with E-state index in [1.54, 1.807) is 11.5 Å². The molecule has 5 rings (SSSR count). The van der Waals surface area contributed by atoms with Crippen LogP contribution in [0, 0.1) is 11.8 Å². The quantitative estimate of drug-likeness (QED) is 0.533. The molecule has 2 bridgehead atoms. The van der Waals surface area contributed by atoms with E-state index in [0.717, 1.165) is 19.3 Å². The number of aromatic nitrogens is 6. The van der Waals surface area contributed by atoms with E-state index in [9.17, 15) is 13.2 Å². The lowest BCUT2D eigenvalue weighted by Gasteiger charge is -2.25. The summed E-state index contributed by atoms with van der Waals surface area (Å²) in [6, 6.07) is 0.0630. The van der Waals surface area contributed by atoms with Crippen molar-refractivity contribution in [3.05, 3.63) is 40.1 Å². The highest BCUT2D eigenvalue weighted by molar-refractivity contribution is 7.91. The first kappa shape index (κ1) is 21.2. The van der Waals surface area contributed by atoms with Crippen LogP contribution in [0.15, 0.2) is 28.3 Å². The highest BCUT2D eigenvalue weighted by Gasteiger charge is 2.42. The molecule has 3 atom stereocenters. The molecule has 10 nitrogen and oxygen atoms in total. The highest BCUT2D eigenvalue weighted by Crippen LogP contribution is 2.50. The van der Waals surface area contributed by atoms with Crippen LogP contribution in [0.5, 0.6) is 0 Å². The van der Waals surface area contributed by atoms with E-state index in [2.05, 4.69) is 30.2 Å². The van der Waals surface area contributed by atoms with Crippen LogP contribution in [-0.2, 0) is 16.4 Å². The van der Waals surface area contributed by atoms with Gasteiger partial charge in [-0.05, 0) is 42.7 Å². The molecule has 0 radical (unpaired) electrons. The van der Waals surface area contributed by atoms with Crippen LogP contribution in [0.25, 0.3) is 11.2 Å². The van der Waals surface area contributed by atoms with Crippen LogP contribution in [0.3, 0.4) is 0 Å². The third kappa shape index (κ3) is 3.73. The first-order valence-corrected chi connectivity index (χ1v) is 12.6. The van der Waals surface area contributed by atoms with Gasteiger partial charge in [-0.25, -0.2) is 28.4 Å². The number of nitrogens with zero attached hydrogens (tertiary/aromatic N) is 6. The maximum atomic E-state index is 13.4. The van der Waals surface area contributed by atoms with Gasteiger partial charge in [-0.2, -0.15) is 4.98 Å². The van der Waals surface area contributed by atoms with Gasteiger partial charge in [0.2, 0.25) is 5.28 Å². The molecule has 3 aromatic rings. The standard InChI is InChI=1S/C20H22ClN7O3S/c1-2-32(30,31)13-7-22-16(23-8-13)10-24-17-19(29)28(15-6-11-3-4-12(15)5-11)18-14(26-17)9-25-20(21)27-18/h7-9,11-12,15H,2-6,10H2,1H3,(H,24,26)/t11-,12+,15+/m0/s1. The van der Waals surface area contributed by atoms with Gasteiger partial charge in [-0.1, -0.05) is 13.3 Å². The maximum Gasteiger partial charge on any atom is 0.295 e. The molecular formula is C20H22ClN7O3S. The van der Waals surface area contributed by atoms with E-state index < -0.39 is 9.84 Å². The Bertz CT molecular complexity index is 1340. The van der Waals surface area contributed by atoms with Gasteiger partial charge in [0.15, 0.2) is 21.3 Å². The molecule has 3 heterocycles. The Labute approximate surface area is 189 Å². The lowest BCUT2D eigenvalue weighted by molar-refractivity contribution is 0.329. The molecule has 2 fully saturated rings. The number of anilines is 1. The van der Waals surface area contributed by atoms with Gasteiger partial charge in [0, 0.05) is 18.4 Å². The molecule has 2 aliphatic rings. The zero-order chi connectivity index (χ0) is 22.5. The van der Waals surface area contributed by atoms with Crippen LogP contribution in [0.1, 0.15) is 44.5 Å². The number of nitrogens with one attached hydrogen (secondary N) is 1. The van der Waals surface area contributed by atoms with Gasteiger partial charge in [-0.3, -0.25) is 9.36 Å². The first-order valence-electron chi connectivity index (χ1n) is 10.6. The third-order valence-corrected chi connectivity index (χ3v) is 8.34. The second kappa shape index (κ2) is 8.04. The molecule has 2 saturated carbocycles. The molecule has 32 heavy (non-hydrogen) atoms. The Morgan fingerprint density at radius 3 is 2.56 bits per heavy atom. The van der Waals surface area contributed by atoms with Gasteiger partial charge in [-0.15, -0.1) is 0 Å². The third-order valence-electron chi connectivity index (χ3n) is 6.47. The number of hydrogen-bond donors (Lipinski definition) is 1. The predicted octanol–water partition coefficient (Wildman–Crippen LogP) is 2.40. The van der Waals surface area contributed by atoms with Crippen molar-refractivity contribution in [2.24, 2.45) is 11.8 Å². The molecule has 0 aliphatic heterocycles. The summed E-state index contributed by atoms with van der Waals surface area (Å²) in [5.41, 5.74) is 0.656. The summed E-state index contributed by atoms with van der Waals surface area (Å²) in [7, 11) is -3.37. The fourth-order valence-electron chi connectivity index (χ4n) is 4.85. The molecule has 1 N–H and O–H groups in total. The lowest BCUT2D eigenvalue weighted by atomic mass is 9.95. The average Bonchev–Trinajstić information content (AvgIpc) is 3.42. The largest absolute Gasteiger partial charge is 0.358 e. The Morgan fingerprint density at radius 1 is 1.12 bits per heavy atom. The SMILES string of the molecule is CCS(=O)(=O)c1cnc(CNc2nc3cnc(Cl)nc3n([C@@H]3C[C@H]4CC[C@@H]3C4)c2=O)nc1. The molecule has 0 amide bonds. The Hall–Kier alpha value is -2.66. The molecule has 0 unspecified atom stereocenters. The minimum atomic E-state index is -3.37. The fourth-order valence-corrected chi connectivity index (χ4v) is 5.74. The number of hydrogen-bond acceptors (Lipinski definition) is 9. The van der Waals surface area contributed by atoms with E-state index in [-0.39, 0.29) is 39.9 Å². The van der Waals surface area contributed by atoms with E-state index >= 15 is 0 Å². The van der Waals surface area contributed by atoms with E-state index in [1.807, 2.05) is 0 Å². The number of sulfone groups is 1. The molecular weight excluding hydrogens is 454 g/mol. The number of fused-ring (bicyclic) bond motifs is 3. The molecule has 168 valence electrons. The van der Waals surface area contributed by atoms with Crippen molar-refractivity contribution in [2.45, 2.75) is 50.1 Å². The van der Waals surface area contributed by atoms with E-state index in [1.165, 1.54) is 25.0 Å². The van der Waals surface area contributed by atoms with Crippen LogP contribution in [0.2, 0.25) is 5.28 Å². The highest BCUT2D eigenvalue weighted by atomic mass is 35.5. The average molecular weight is 476 g/mol. The second-order valence-electron chi connectivity index (χ2n) is 8.32. The summed E-state index contributed by atoms with van der Waals surface area (Å²) in [6.45, 7) is 1.68. The van der Waals surface area contributed by atoms with Gasteiger partial charge in [0.25, 0.3) is 5.56 Å². The lowest BCUT2D eigenvalue weighted by Crippen LogP contribution is -2.32. The number of rotatable bonds is 6. The minimum absolute atomic E-state index is 0.0242. The Kier molecular flexibility index (Phi) is 5.32. The summed E-state index contributed by atoms with van der Waals surface area (Å²) in [6.07, 6.45) is 8.46. The van der Waals surface area contributed by atoms with Crippen LogP contribution in [0.4, 0.5) is 5.82 Å². The van der Waals surface area contributed by atoms with Crippen LogP contribution < -0.4 is 10.9 Å². The Morgan fingerprint density at radius 2 is 1.91 bits per heavy atom. The van der Waals surface area contributed by atoms with Crippen molar-refractivity contribution in [2.75, 3.05) is 11.1 Å². The van der Waals surface area contributed by atoms with Crippen molar-refractivity contribution >= 4 is 38.4 Å². The fraction of sp³-hybridized carbons (Fsp3) is 0.500. The summed E-state index contributed by atoms with van der Waals surface area (Å²) in [5, 5.41) is 3.08. The van der Waals surface area contributed by atoms with Gasteiger partial charge >= 0.3 is 0 Å². The van der Waals surface area contributed by atoms with Crippen molar-refractivity contribution in [3.8, 4) is 0 Å². The summed E-state index contributed by atoms with van der Waals surface area (Å²) < 4.78 is 25.6. The maximum absolute atomic E-state index is 13.4.